The molecule has 6 N–H and O–H groups in total. The van der Waals surface area contributed by atoms with Crippen molar-refractivity contribution >= 4 is 34.9 Å². The first kappa shape index (κ1) is 36.5. The first-order valence-corrected chi connectivity index (χ1v) is 15.0. The number of anilines is 2. The van der Waals surface area contributed by atoms with E-state index in [-0.39, 0.29) is 36.6 Å². The minimum absolute atomic E-state index is 0.0821. The van der Waals surface area contributed by atoms with Gasteiger partial charge in [0.2, 0.25) is 5.91 Å². The number of alkyl halides is 3. The molecule has 0 radical (unpaired) electrons. The Hall–Kier alpha value is -5.29. The maximum Gasteiger partial charge on any atom is 0.490 e. The molecule has 1 saturated heterocycles. The number of carboxylic acids is 1. The van der Waals surface area contributed by atoms with Crippen LogP contribution in [0.25, 0.3) is 16.9 Å². The van der Waals surface area contributed by atoms with Crippen molar-refractivity contribution in [2.75, 3.05) is 38.6 Å². The van der Waals surface area contributed by atoms with Gasteiger partial charge in [-0.1, -0.05) is 0 Å². The zero-order valence-electron chi connectivity index (χ0n) is 26.5. The molecule has 17 heteroatoms. The zero-order chi connectivity index (χ0) is 35.9. The van der Waals surface area contributed by atoms with E-state index in [1.165, 1.54) is 13.2 Å². The van der Waals surface area contributed by atoms with Gasteiger partial charge in [0.05, 0.1) is 25.1 Å². The van der Waals surface area contributed by atoms with Crippen molar-refractivity contribution in [3.05, 3.63) is 71.9 Å². The van der Waals surface area contributed by atoms with Crippen LogP contribution in [0.2, 0.25) is 0 Å². The Bertz CT molecular complexity index is 1810. The van der Waals surface area contributed by atoms with E-state index in [1.54, 1.807) is 41.7 Å². The lowest BCUT2D eigenvalue weighted by Crippen LogP contribution is -2.45. The summed E-state index contributed by atoms with van der Waals surface area (Å²) in [6.45, 7) is 3.04. The van der Waals surface area contributed by atoms with E-state index in [0.29, 0.717) is 54.2 Å². The SMILES string of the molecule is COc1ccc(-c2cnc3c(Nc4ccc(C(=O)N5CCC(C(=O)NCC(O)CN)CC5)c(C)c4)nccn23)cc1F.O=C(O)C(F)(F)F. The molecule has 1 fully saturated rings. The fraction of sp³-hybridized carbons (Fsp3) is 0.344. The van der Waals surface area contributed by atoms with Crippen LogP contribution in [0.4, 0.5) is 29.1 Å². The Morgan fingerprint density at radius 2 is 1.82 bits per heavy atom. The molecule has 5 rings (SSSR count). The number of fused-ring (bicyclic) bond motifs is 1. The average Bonchev–Trinajstić information content (AvgIpc) is 3.52. The lowest BCUT2D eigenvalue weighted by molar-refractivity contribution is -0.192. The van der Waals surface area contributed by atoms with Gasteiger partial charge in [0.15, 0.2) is 23.0 Å². The molecule has 49 heavy (non-hydrogen) atoms. The fourth-order valence-electron chi connectivity index (χ4n) is 5.13. The smallest absolute Gasteiger partial charge is 0.490 e. The standard InChI is InChI=1S/C30H34FN7O4.C2HF3O2/c1-18-13-21(4-5-23(18)30(41)37-10-7-19(8-11-37)29(40)35-16-22(39)15-32)36-27-28-34-17-25(38(28)12-9-33-27)20-3-6-26(42-2)24(31)14-20;3-2(4,5)1(6)7/h3-6,9,12-14,17,19,22,39H,7-8,10-11,15-16,32H2,1-2H3,(H,33,36)(H,35,40);(H,6,7). The van der Waals surface area contributed by atoms with Crippen LogP contribution in [0.1, 0.15) is 28.8 Å². The van der Waals surface area contributed by atoms with Crippen molar-refractivity contribution in [2.45, 2.75) is 32.0 Å². The summed E-state index contributed by atoms with van der Waals surface area (Å²) < 4.78 is 52.9. The number of hydrogen-bond acceptors (Lipinski definition) is 9. The van der Waals surface area contributed by atoms with E-state index < -0.39 is 24.1 Å². The van der Waals surface area contributed by atoms with E-state index in [9.17, 15) is 32.3 Å². The molecular formula is C32H35F4N7O6. The number of likely N-dealkylation sites (tertiary alicyclic amines) is 1. The molecule has 2 amide bonds. The first-order chi connectivity index (χ1) is 23.2. The maximum atomic E-state index is 14.3. The maximum absolute atomic E-state index is 14.3. The number of carbonyl (C=O) groups excluding carboxylic acids is 2. The molecule has 1 unspecified atom stereocenters. The number of aryl methyl sites for hydroxylation is 1. The Kier molecular flexibility index (Phi) is 11.7. The van der Waals surface area contributed by atoms with Gasteiger partial charge in [-0.3, -0.25) is 14.0 Å². The normalized spacial score (nSPS) is 14.1. The lowest BCUT2D eigenvalue weighted by Gasteiger charge is -2.32. The summed E-state index contributed by atoms with van der Waals surface area (Å²) in [5, 5.41) is 22.7. The van der Waals surface area contributed by atoms with Crippen molar-refractivity contribution in [2.24, 2.45) is 11.7 Å². The van der Waals surface area contributed by atoms with Gasteiger partial charge in [0.25, 0.3) is 5.91 Å². The highest BCUT2D eigenvalue weighted by atomic mass is 19.4. The van der Waals surface area contributed by atoms with Gasteiger partial charge in [-0.2, -0.15) is 13.2 Å². The van der Waals surface area contributed by atoms with E-state index in [0.717, 1.165) is 11.3 Å². The summed E-state index contributed by atoms with van der Waals surface area (Å²) in [4.78, 5) is 45.3. The number of ether oxygens (including phenoxy) is 1. The molecule has 3 heterocycles. The Balaban J connectivity index is 0.000000698. The van der Waals surface area contributed by atoms with Gasteiger partial charge in [-0.15, -0.1) is 0 Å². The highest BCUT2D eigenvalue weighted by Gasteiger charge is 2.38. The molecule has 2 aromatic heterocycles. The molecule has 1 aliphatic heterocycles. The number of nitrogens with one attached hydrogen (secondary N) is 2. The van der Waals surface area contributed by atoms with Gasteiger partial charge >= 0.3 is 12.1 Å². The summed E-state index contributed by atoms with van der Waals surface area (Å²) >= 11 is 0. The number of aliphatic hydroxyl groups excluding tert-OH is 1. The van der Waals surface area contributed by atoms with Gasteiger partial charge in [-0.25, -0.2) is 19.2 Å². The third kappa shape index (κ3) is 8.99. The Morgan fingerprint density at radius 1 is 1.12 bits per heavy atom. The third-order valence-electron chi connectivity index (χ3n) is 7.77. The molecule has 1 aliphatic rings. The van der Waals surface area contributed by atoms with Gasteiger partial charge < -0.3 is 36.2 Å². The van der Waals surface area contributed by atoms with Crippen molar-refractivity contribution < 1.29 is 46.9 Å². The van der Waals surface area contributed by atoms with Crippen LogP contribution in [0.15, 0.2) is 55.0 Å². The van der Waals surface area contributed by atoms with Crippen molar-refractivity contribution in [3.63, 3.8) is 0 Å². The summed E-state index contributed by atoms with van der Waals surface area (Å²) in [6.07, 6.45) is 0.318. The number of hydrogen-bond donors (Lipinski definition) is 5. The second kappa shape index (κ2) is 15.7. The third-order valence-corrected chi connectivity index (χ3v) is 7.77. The summed E-state index contributed by atoms with van der Waals surface area (Å²) in [7, 11) is 1.42. The Morgan fingerprint density at radius 3 is 2.41 bits per heavy atom. The number of aliphatic carboxylic acids is 1. The van der Waals surface area contributed by atoms with Crippen LogP contribution >= 0.6 is 0 Å². The number of aliphatic hydroxyl groups is 1. The molecule has 0 bridgehead atoms. The summed E-state index contributed by atoms with van der Waals surface area (Å²) in [6, 6.07) is 10.2. The number of methoxy groups -OCH3 is 1. The number of halogens is 4. The minimum Gasteiger partial charge on any atom is -0.494 e. The number of benzene rings is 2. The van der Waals surface area contributed by atoms with Crippen LogP contribution < -0.4 is 21.1 Å². The predicted octanol–water partition coefficient (Wildman–Crippen LogP) is 3.52. The van der Waals surface area contributed by atoms with Crippen molar-refractivity contribution in [1.82, 2.24) is 24.6 Å². The summed E-state index contributed by atoms with van der Waals surface area (Å²) in [5.74, 6) is -2.94. The molecule has 262 valence electrons. The molecule has 1 atom stereocenters. The topological polar surface area (TPSA) is 184 Å². The number of aromatic nitrogens is 3. The number of piperidine rings is 1. The van der Waals surface area contributed by atoms with E-state index >= 15 is 0 Å². The van der Waals surface area contributed by atoms with Crippen LogP contribution in [-0.4, -0.2) is 92.8 Å². The molecular weight excluding hydrogens is 654 g/mol. The number of amides is 2. The first-order valence-electron chi connectivity index (χ1n) is 15.0. The zero-order valence-corrected chi connectivity index (χ0v) is 26.5. The van der Waals surface area contributed by atoms with Crippen LogP contribution in [0.3, 0.4) is 0 Å². The number of imidazole rings is 1. The molecule has 0 aliphatic carbocycles. The minimum atomic E-state index is -5.08. The molecule has 4 aromatic rings. The van der Waals surface area contributed by atoms with E-state index in [2.05, 4.69) is 20.6 Å². The molecule has 0 spiro atoms. The van der Waals surface area contributed by atoms with Crippen LogP contribution in [0.5, 0.6) is 5.75 Å². The molecule has 2 aromatic carbocycles. The number of nitrogens with two attached hydrogens (primary N) is 1. The van der Waals surface area contributed by atoms with Gasteiger partial charge in [0, 0.05) is 61.3 Å². The lowest BCUT2D eigenvalue weighted by atomic mass is 9.95. The van der Waals surface area contributed by atoms with E-state index in [4.69, 9.17) is 20.4 Å². The fourth-order valence-corrected chi connectivity index (χ4v) is 5.13. The van der Waals surface area contributed by atoms with Crippen molar-refractivity contribution in [1.29, 1.82) is 0 Å². The monoisotopic (exact) mass is 689 g/mol. The second-order valence-corrected chi connectivity index (χ2v) is 11.1. The number of rotatable bonds is 9. The number of carbonyl (C=O) groups is 3. The van der Waals surface area contributed by atoms with Crippen molar-refractivity contribution in [3.8, 4) is 17.0 Å². The van der Waals surface area contributed by atoms with Crippen LogP contribution in [-0.2, 0) is 9.59 Å². The largest absolute Gasteiger partial charge is 0.494 e. The average molecular weight is 690 g/mol. The summed E-state index contributed by atoms with van der Waals surface area (Å²) in [5.41, 5.74) is 9.41. The second-order valence-electron chi connectivity index (χ2n) is 11.1. The van der Waals surface area contributed by atoms with E-state index in [1.807, 2.05) is 23.5 Å². The highest BCUT2D eigenvalue weighted by molar-refractivity contribution is 5.96. The molecule has 13 nitrogen and oxygen atoms in total. The molecule has 0 saturated carbocycles. The van der Waals surface area contributed by atoms with Crippen LogP contribution in [0, 0.1) is 18.7 Å². The number of nitrogens with zero attached hydrogens (tertiary/aromatic N) is 4. The van der Waals surface area contributed by atoms with Gasteiger partial charge in [0.1, 0.15) is 0 Å². The van der Waals surface area contributed by atoms with Gasteiger partial charge in [-0.05, 0) is 61.7 Å². The predicted molar refractivity (Wildman–Crippen MR) is 170 cm³/mol. The Labute approximate surface area is 277 Å². The number of carboxylic acid groups (broad SMARTS) is 1. The highest BCUT2D eigenvalue weighted by Crippen LogP contribution is 2.29. The quantitative estimate of drug-likeness (QED) is 0.163.